The minimum Gasteiger partial charge on any atom is -0.393 e. The average Bonchev–Trinajstić information content (AvgIpc) is 1.65. The summed E-state index contributed by atoms with van der Waals surface area (Å²) in [6.45, 7) is 0.0256. The summed E-state index contributed by atoms with van der Waals surface area (Å²) in [5.74, 6) is -4.19. The maximum Gasteiger partial charge on any atom is 0.416 e. The Labute approximate surface area is 573 Å². The van der Waals surface area contributed by atoms with Crippen molar-refractivity contribution in [1.29, 1.82) is 0 Å². The van der Waals surface area contributed by atoms with Crippen molar-refractivity contribution in [2.75, 3.05) is 27.0 Å². The zero-order chi connectivity index (χ0) is 73.1. The summed E-state index contributed by atoms with van der Waals surface area (Å²) < 4.78 is 130. The van der Waals surface area contributed by atoms with Crippen LogP contribution in [0.1, 0.15) is 96.4 Å². The van der Waals surface area contributed by atoms with Crippen LogP contribution in [0.25, 0.3) is 65.4 Å². The highest BCUT2D eigenvalue weighted by atomic mass is 19.4. The molecule has 0 unspecified atom stereocenters. The van der Waals surface area contributed by atoms with Crippen LogP contribution in [0.3, 0.4) is 0 Å². The van der Waals surface area contributed by atoms with Gasteiger partial charge in [-0.05, 0) is 89.5 Å². The Hall–Kier alpha value is -12.5. The molecule has 23 nitrogen and oxygen atoms in total. The Kier molecular flexibility index (Phi) is 18.0. The zero-order valence-electron chi connectivity index (χ0n) is 53.4. The van der Waals surface area contributed by atoms with Crippen molar-refractivity contribution in [3.05, 3.63) is 185 Å². The van der Waals surface area contributed by atoms with Gasteiger partial charge in [0.05, 0.1) is 62.5 Å². The van der Waals surface area contributed by atoms with E-state index in [4.69, 9.17) is 17.2 Å². The molecule has 4 fully saturated rings. The van der Waals surface area contributed by atoms with E-state index in [-0.39, 0.29) is 146 Å². The number of imide groups is 2. The van der Waals surface area contributed by atoms with Gasteiger partial charge in [-0.15, -0.1) is 0 Å². The number of ether oxygens (including phenoxy) is 1. The number of nitrogens with zero attached hydrogens (tertiary/aromatic N) is 11. The largest absolute Gasteiger partial charge is 0.416 e. The van der Waals surface area contributed by atoms with Crippen LogP contribution in [0.4, 0.5) is 69.0 Å². The van der Waals surface area contributed by atoms with Gasteiger partial charge in [-0.25, -0.2) is 29.7 Å². The van der Waals surface area contributed by atoms with E-state index in [9.17, 15) is 77.9 Å². The van der Waals surface area contributed by atoms with E-state index in [1.165, 1.54) is 42.5 Å². The van der Waals surface area contributed by atoms with Crippen LogP contribution in [-0.4, -0.2) is 90.7 Å². The summed E-state index contributed by atoms with van der Waals surface area (Å²) in [7, 11) is 0. The summed E-state index contributed by atoms with van der Waals surface area (Å²) >= 11 is 0. The minimum atomic E-state index is -4.52. The first-order valence-electron chi connectivity index (χ1n) is 31.6. The SMILES string of the molecule is Nc1nc(N)c2c(ccc3c2ccn3Cc2ccccc2C(F)(F)F)n1.Nc1nc(N2C(=O)CCC2=O)nc2ccc3c(ccn3Cc3ccccc3C(F)(F)F)c12.O=C1CCC(=O)C1c1nc(N2C(=O)CCC2=O)nc2ccc3c(ccn3Cc3ccccc3C(F)(F)F)c12.O=C1CCC(=O)O1. The number of alkyl halides is 9. The second kappa shape index (κ2) is 26.9. The van der Waals surface area contributed by atoms with Crippen molar-refractivity contribution in [2.24, 2.45) is 0 Å². The second-order valence-corrected chi connectivity index (χ2v) is 24.2. The molecule has 6 aromatic carbocycles. The van der Waals surface area contributed by atoms with E-state index in [1.54, 1.807) is 99.0 Å². The number of carbonyl (C=O) groups excluding carboxylic acids is 8. The molecule has 103 heavy (non-hydrogen) atoms. The van der Waals surface area contributed by atoms with Crippen molar-refractivity contribution in [2.45, 2.75) is 95.4 Å². The lowest BCUT2D eigenvalue weighted by Gasteiger charge is -2.17. The summed E-state index contributed by atoms with van der Waals surface area (Å²) in [6.07, 6.45) is -7.48. The molecule has 12 aromatic rings. The number of amides is 4. The molecule has 16 rings (SSSR count). The number of esters is 2. The molecule has 3 aliphatic heterocycles. The monoisotopic (exact) mass is 1420 g/mol. The van der Waals surface area contributed by atoms with Crippen LogP contribution >= 0.6 is 0 Å². The number of benzene rings is 6. The molecule has 4 aliphatic rings. The number of anilines is 5. The first-order valence-corrected chi connectivity index (χ1v) is 31.6. The number of hydrogen-bond donors (Lipinski definition) is 3. The first-order chi connectivity index (χ1) is 49.0. The maximum absolute atomic E-state index is 13.6. The van der Waals surface area contributed by atoms with Gasteiger partial charge in [-0.3, -0.25) is 38.4 Å². The molecule has 1 saturated carbocycles. The third-order valence-electron chi connectivity index (χ3n) is 17.7. The predicted octanol–water partition coefficient (Wildman–Crippen LogP) is 11.9. The molecule has 32 heteroatoms. The third-order valence-corrected chi connectivity index (χ3v) is 17.7. The number of nitrogens with two attached hydrogens (primary N) is 3. The van der Waals surface area contributed by atoms with Gasteiger partial charge in [0.25, 0.3) is 0 Å². The smallest absolute Gasteiger partial charge is 0.393 e. The first kappa shape index (κ1) is 69.0. The molecule has 4 amide bonds. The molecule has 0 spiro atoms. The van der Waals surface area contributed by atoms with E-state index in [0.717, 1.165) is 38.9 Å². The maximum atomic E-state index is 13.6. The Morgan fingerprint density at radius 2 is 0.718 bits per heavy atom. The quantitative estimate of drug-likeness (QED) is 0.0523. The average molecular weight is 1420 g/mol. The number of Topliss-reactive ketones (excluding diaryl/α,β-unsaturated/α-hetero) is 2. The third kappa shape index (κ3) is 13.6. The summed E-state index contributed by atoms with van der Waals surface area (Å²) in [5.41, 5.74) is 19.5. The van der Waals surface area contributed by atoms with Crippen molar-refractivity contribution in [3.8, 4) is 0 Å². The number of carbonyl (C=O) groups is 8. The standard InChI is InChI=1S/C27H19F3N4O4.C22H16F3N5O2.C18H14F3N5.C4H4O3/c28-27(29,30)16-4-2-1-3-14(16)13-33-12-11-15-18(33)6-5-17-23(15)25(24-19(35)7-8-20(24)36)32-26(31-17)34-21(37)9-10-22(34)38;23-22(24,25)14-4-2-1-3-12(14)11-29-10-9-13-16(29)6-5-15-19(13)20(26)28-21(27-15)30-17(31)7-8-18(30)32;19-18(20,21)12-4-2-1-3-10(12)9-26-8-7-11-14(26)6-5-13-15(11)16(22)25-17(23)24-13;5-3-1-2-4(6)7-3/h1-6,11-12,24H,7-10,13H2;1-6,9-10H,7-8,11H2,(H2,26,27,28);1-8H,9H2,(H4,22,23,24,25);1-2H2. The van der Waals surface area contributed by atoms with Gasteiger partial charge >= 0.3 is 30.5 Å². The number of hydrogen-bond acceptors (Lipinski definition) is 18. The van der Waals surface area contributed by atoms with E-state index in [2.05, 4.69) is 34.6 Å². The molecule has 6 N–H and O–H groups in total. The molecule has 0 atom stereocenters. The lowest BCUT2D eigenvalue weighted by atomic mass is 9.96. The highest BCUT2D eigenvalue weighted by Gasteiger charge is 2.41. The van der Waals surface area contributed by atoms with Crippen molar-refractivity contribution < 1.29 is 82.6 Å². The normalized spacial score (nSPS) is 15.3. The van der Waals surface area contributed by atoms with Gasteiger partial charge < -0.3 is 35.6 Å². The van der Waals surface area contributed by atoms with Crippen molar-refractivity contribution in [1.82, 2.24) is 43.6 Å². The molecule has 3 saturated heterocycles. The number of halogens is 9. The fourth-order valence-corrected chi connectivity index (χ4v) is 13.0. The Balaban J connectivity index is 0.000000133. The number of fused-ring (bicyclic) bond motifs is 9. The summed E-state index contributed by atoms with van der Waals surface area (Å²) in [6, 6.07) is 31.7. The highest BCUT2D eigenvalue weighted by Crippen LogP contribution is 2.41. The van der Waals surface area contributed by atoms with Gasteiger partial charge in [0.2, 0.25) is 41.5 Å². The van der Waals surface area contributed by atoms with Crippen LogP contribution in [0.15, 0.2) is 146 Å². The van der Waals surface area contributed by atoms with E-state index < -0.39 is 64.9 Å². The molecule has 1 aliphatic carbocycles. The number of aromatic nitrogens is 9. The fraction of sp³-hybridized carbons (Fsp3) is 0.211. The second-order valence-electron chi connectivity index (χ2n) is 24.2. The molecule has 9 heterocycles. The van der Waals surface area contributed by atoms with E-state index in [0.29, 0.717) is 54.5 Å². The summed E-state index contributed by atoms with van der Waals surface area (Å²) in [5, 5.41) is 3.51. The van der Waals surface area contributed by atoms with Gasteiger partial charge in [0, 0.05) is 115 Å². The fourth-order valence-electron chi connectivity index (χ4n) is 13.0. The molecule has 6 aromatic heterocycles. The minimum absolute atomic E-state index is 0.0120. The van der Waals surface area contributed by atoms with Crippen LogP contribution in [0.2, 0.25) is 0 Å². The number of cyclic esters (lactones) is 2. The van der Waals surface area contributed by atoms with E-state index in [1.807, 2.05) is 0 Å². The van der Waals surface area contributed by atoms with Gasteiger partial charge in [-0.1, -0.05) is 54.6 Å². The number of ketones is 2. The van der Waals surface area contributed by atoms with Gasteiger partial charge in [0.15, 0.2) is 0 Å². The molecule has 0 bridgehead atoms. The zero-order valence-corrected chi connectivity index (χ0v) is 53.4. The lowest BCUT2D eigenvalue weighted by Crippen LogP contribution is -2.31. The summed E-state index contributed by atoms with van der Waals surface area (Å²) in [4.78, 5) is 122. The Bertz CT molecular complexity index is 5490. The van der Waals surface area contributed by atoms with Gasteiger partial charge in [-0.2, -0.15) is 49.5 Å². The molecular formula is C71H53F9N14O9. The van der Waals surface area contributed by atoms with Crippen molar-refractivity contribution >= 4 is 142 Å². The molecule has 0 radical (unpaired) electrons. The lowest BCUT2D eigenvalue weighted by molar-refractivity contribution is -0.152. The van der Waals surface area contributed by atoms with E-state index >= 15 is 0 Å². The molecular weight excluding hydrogens is 1360 g/mol. The van der Waals surface area contributed by atoms with Crippen LogP contribution in [0.5, 0.6) is 0 Å². The number of rotatable bonds is 9. The van der Waals surface area contributed by atoms with Crippen molar-refractivity contribution in [3.63, 3.8) is 0 Å². The number of nitrogen functional groups attached to an aromatic ring is 3. The Morgan fingerprint density at radius 1 is 0.379 bits per heavy atom. The van der Waals surface area contributed by atoms with Crippen LogP contribution in [-0.2, 0) is 81.3 Å². The highest BCUT2D eigenvalue weighted by molar-refractivity contribution is 6.22. The predicted molar refractivity (Wildman–Crippen MR) is 356 cm³/mol. The van der Waals surface area contributed by atoms with Gasteiger partial charge in [0.1, 0.15) is 29.1 Å². The topological polar surface area (TPSA) is 322 Å². The molecule has 524 valence electrons. The Morgan fingerprint density at radius 3 is 1.09 bits per heavy atom. The van der Waals surface area contributed by atoms with Crippen LogP contribution < -0.4 is 27.0 Å². The van der Waals surface area contributed by atoms with Crippen LogP contribution in [0, 0.1) is 0 Å².